The molecular formula is C13H13F3N6. The minimum absolute atomic E-state index is 0.0281. The summed E-state index contributed by atoms with van der Waals surface area (Å²) in [6, 6.07) is 5.17. The van der Waals surface area contributed by atoms with Crippen molar-refractivity contribution in [2.45, 2.75) is 6.18 Å². The van der Waals surface area contributed by atoms with E-state index < -0.39 is 11.7 Å². The van der Waals surface area contributed by atoms with Crippen molar-refractivity contribution < 1.29 is 13.2 Å². The van der Waals surface area contributed by atoms with Gasteiger partial charge < -0.3 is 16.4 Å². The standard InChI is InChI=1S/C13H13F3N6/c1-18-11-8(13(14,15)16)7-20-12(22-11)21-10(6-17)9-4-2-3-5-19-9/h2-7H,17H2,1H3,(H2,18,20,21,22). The summed E-state index contributed by atoms with van der Waals surface area (Å²) in [5.74, 6) is -0.359. The van der Waals surface area contributed by atoms with Crippen molar-refractivity contribution in [3.05, 3.63) is 48.1 Å². The van der Waals surface area contributed by atoms with Crippen molar-refractivity contribution in [1.82, 2.24) is 15.0 Å². The Morgan fingerprint density at radius 1 is 1.27 bits per heavy atom. The molecule has 0 amide bonds. The zero-order chi connectivity index (χ0) is 16.2. The topological polar surface area (TPSA) is 88.8 Å². The van der Waals surface area contributed by atoms with Crippen LogP contribution in [0.1, 0.15) is 11.3 Å². The largest absolute Gasteiger partial charge is 0.421 e. The maximum Gasteiger partial charge on any atom is 0.421 e. The summed E-state index contributed by atoms with van der Waals surface area (Å²) in [5.41, 5.74) is 5.45. The predicted octanol–water partition coefficient (Wildman–Crippen LogP) is 2.30. The molecule has 0 aliphatic heterocycles. The number of nitrogens with two attached hydrogens (primary N) is 1. The summed E-state index contributed by atoms with van der Waals surface area (Å²) < 4.78 is 38.3. The fourth-order valence-electron chi connectivity index (χ4n) is 1.67. The number of anilines is 2. The minimum Gasteiger partial charge on any atom is -0.403 e. The number of nitrogens with zero attached hydrogens (tertiary/aromatic N) is 3. The van der Waals surface area contributed by atoms with Crippen molar-refractivity contribution in [1.29, 1.82) is 0 Å². The van der Waals surface area contributed by atoms with Crippen molar-refractivity contribution in [3.63, 3.8) is 0 Å². The molecule has 116 valence electrons. The summed E-state index contributed by atoms with van der Waals surface area (Å²) in [6.07, 6.45) is -1.03. The van der Waals surface area contributed by atoms with Gasteiger partial charge >= 0.3 is 6.18 Å². The zero-order valence-corrected chi connectivity index (χ0v) is 11.5. The Bertz CT molecular complexity index is 669. The Kier molecular flexibility index (Phi) is 4.44. The molecule has 0 saturated heterocycles. The molecule has 0 aliphatic carbocycles. The second kappa shape index (κ2) is 6.29. The monoisotopic (exact) mass is 310 g/mol. The second-order valence-electron chi connectivity index (χ2n) is 4.12. The molecule has 9 heteroatoms. The smallest absolute Gasteiger partial charge is 0.403 e. The molecule has 0 radical (unpaired) electrons. The van der Waals surface area contributed by atoms with Crippen LogP contribution in [0.5, 0.6) is 0 Å². The van der Waals surface area contributed by atoms with E-state index in [0.717, 1.165) is 0 Å². The Morgan fingerprint density at radius 3 is 2.59 bits per heavy atom. The Balaban J connectivity index is 2.31. The van der Waals surface area contributed by atoms with E-state index in [4.69, 9.17) is 5.73 Å². The lowest BCUT2D eigenvalue weighted by Gasteiger charge is -2.13. The van der Waals surface area contributed by atoms with Gasteiger partial charge in [-0.15, -0.1) is 0 Å². The molecule has 0 saturated carbocycles. The van der Waals surface area contributed by atoms with E-state index in [-0.39, 0.29) is 11.8 Å². The third-order valence-electron chi connectivity index (χ3n) is 2.68. The number of nitrogens with one attached hydrogen (secondary N) is 2. The van der Waals surface area contributed by atoms with E-state index in [2.05, 4.69) is 25.6 Å². The van der Waals surface area contributed by atoms with Crippen LogP contribution in [0, 0.1) is 0 Å². The highest BCUT2D eigenvalue weighted by atomic mass is 19.4. The maximum atomic E-state index is 12.8. The summed E-state index contributed by atoms with van der Waals surface area (Å²) in [7, 11) is 1.35. The number of hydrogen-bond acceptors (Lipinski definition) is 6. The Labute approximate surface area is 124 Å². The van der Waals surface area contributed by atoms with Crippen molar-refractivity contribution >= 4 is 17.5 Å². The highest BCUT2D eigenvalue weighted by Gasteiger charge is 2.35. The summed E-state index contributed by atoms with van der Waals surface area (Å²) in [6.45, 7) is 0. The van der Waals surface area contributed by atoms with E-state index in [1.807, 2.05) is 0 Å². The van der Waals surface area contributed by atoms with Crippen LogP contribution in [-0.2, 0) is 6.18 Å². The summed E-state index contributed by atoms with van der Waals surface area (Å²) in [5, 5.41) is 5.14. The molecule has 0 spiro atoms. The molecular weight excluding hydrogens is 297 g/mol. The predicted molar refractivity (Wildman–Crippen MR) is 76.6 cm³/mol. The van der Waals surface area contributed by atoms with Gasteiger partial charge in [0.05, 0.1) is 11.4 Å². The van der Waals surface area contributed by atoms with Gasteiger partial charge in [-0.2, -0.15) is 18.2 Å². The highest BCUT2D eigenvalue weighted by Crippen LogP contribution is 2.33. The molecule has 0 fully saturated rings. The molecule has 0 bridgehead atoms. The van der Waals surface area contributed by atoms with Crippen LogP contribution in [-0.4, -0.2) is 22.0 Å². The first-order valence-electron chi connectivity index (χ1n) is 6.18. The van der Waals surface area contributed by atoms with Gasteiger partial charge in [0.15, 0.2) is 0 Å². The molecule has 2 aromatic heterocycles. The molecule has 4 N–H and O–H groups in total. The molecule has 2 heterocycles. The van der Waals surface area contributed by atoms with Crippen LogP contribution in [0.15, 0.2) is 36.8 Å². The van der Waals surface area contributed by atoms with E-state index in [1.54, 1.807) is 24.4 Å². The quantitative estimate of drug-likeness (QED) is 0.803. The van der Waals surface area contributed by atoms with Gasteiger partial charge in [-0.3, -0.25) is 4.98 Å². The Morgan fingerprint density at radius 2 is 2.05 bits per heavy atom. The number of alkyl halides is 3. The number of aromatic nitrogens is 3. The van der Waals surface area contributed by atoms with Gasteiger partial charge in [0.2, 0.25) is 5.95 Å². The fourth-order valence-corrected chi connectivity index (χ4v) is 1.67. The van der Waals surface area contributed by atoms with Gasteiger partial charge in [-0.25, -0.2) is 4.98 Å². The van der Waals surface area contributed by atoms with Crippen molar-refractivity contribution in [2.75, 3.05) is 17.7 Å². The third-order valence-corrected chi connectivity index (χ3v) is 2.68. The maximum absolute atomic E-state index is 12.8. The highest BCUT2D eigenvalue weighted by molar-refractivity contribution is 5.72. The molecule has 0 unspecified atom stereocenters. The van der Waals surface area contributed by atoms with Crippen LogP contribution < -0.4 is 16.4 Å². The molecule has 6 nitrogen and oxygen atoms in total. The van der Waals surface area contributed by atoms with Crippen LogP contribution in [0.3, 0.4) is 0 Å². The van der Waals surface area contributed by atoms with Gasteiger partial charge in [0.25, 0.3) is 0 Å². The summed E-state index contributed by atoms with van der Waals surface area (Å²) >= 11 is 0. The van der Waals surface area contributed by atoms with Crippen molar-refractivity contribution in [2.24, 2.45) is 5.73 Å². The molecule has 2 aromatic rings. The first-order chi connectivity index (χ1) is 10.5. The van der Waals surface area contributed by atoms with Crippen LogP contribution >= 0.6 is 0 Å². The lowest BCUT2D eigenvalue weighted by molar-refractivity contribution is -0.137. The molecule has 0 aliphatic rings. The fraction of sp³-hybridized carbons (Fsp3) is 0.154. The zero-order valence-electron chi connectivity index (χ0n) is 11.5. The van der Waals surface area contributed by atoms with Gasteiger partial charge in [0, 0.05) is 25.6 Å². The van der Waals surface area contributed by atoms with Gasteiger partial charge in [-0.1, -0.05) is 6.07 Å². The van der Waals surface area contributed by atoms with E-state index in [0.29, 0.717) is 17.6 Å². The van der Waals surface area contributed by atoms with Crippen LogP contribution in [0.4, 0.5) is 24.9 Å². The normalized spacial score (nSPS) is 12.1. The average Bonchev–Trinajstić information content (AvgIpc) is 2.52. The molecule has 22 heavy (non-hydrogen) atoms. The first-order valence-corrected chi connectivity index (χ1v) is 6.18. The average molecular weight is 310 g/mol. The Hall–Kier alpha value is -2.84. The molecule has 0 aromatic carbocycles. The van der Waals surface area contributed by atoms with Gasteiger partial charge in [-0.05, 0) is 12.1 Å². The number of halogens is 3. The first kappa shape index (κ1) is 15.5. The lowest BCUT2D eigenvalue weighted by Crippen LogP contribution is -2.13. The van der Waals surface area contributed by atoms with Crippen LogP contribution in [0.25, 0.3) is 5.70 Å². The third kappa shape index (κ3) is 3.43. The molecule has 0 atom stereocenters. The van der Waals surface area contributed by atoms with E-state index in [9.17, 15) is 13.2 Å². The number of rotatable bonds is 4. The van der Waals surface area contributed by atoms with E-state index >= 15 is 0 Å². The SMILES string of the molecule is CNc1nc(NC(=CN)c2ccccn2)ncc1C(F)(F)F. The number of hydrogen-bond donors (Lipinski definition) is 3. The number of pyridine rings is 1. The van der Waals surface area contributed by atoms with Gasteiger partial charge in [0.1, 0.15) is 11.4 Å². The second-order valence-corrected chi connectivity index (χ2v) is 4.12. The van der Waals surface area contributed by atoms with E-state index in [1.165, 1.54) is 13.2 Å². The van der Waals surface area contributed by atoms with Crippen LogP contribution in [0.2, 0.25) is 0 Å². The molecule has 2 rings (SSSR count). The lowest BCUT2D eigenvalue weighted by atomic mass is 10.3. The van der Waals surface area contributed by atoms with Crippen molar-refractivity contribution in [3.8, 4) is 0 Å². The minimum atomic E-state index is -4.54. The summed E-state index contributed by atoms with van der Waals surface area (Å²) in [4.78, 5) is 11.5.